The molecule has 0 bridgehead atoms. The van der Waals surface area contributed by atoms with Crippen LogP contribution in [0.5, 0.6) is 0 Å². The number of benzene rings is 1. The van der Waals surface area contributed by atoms with Crippen LogP contribution < -0.4 is 5.73 Å². The summed E-state index contributed by atoms with van der Waals surface area (Å²) < 4.78 is 4.97. The van der Waals surface area contributed by atoms with E-state index in [9.17, 15) is 4.79 Å². The third-order valence-corrected chi connectivity index (χ3v) is 2.18. The van der Waals surface area contributed by atoms with E-state index in [0.717, 1.165) is 5.56 Å². The minimum atomic E-state index is -0.829. The number of ether oxygens (including phenoxy) is 1. The fourth-order valence-electron chi connectivity index (χ4n) is 1.38. The van der Waals surface area contributed by atoms with Crippen molar-refractivity contribution in [1.29, 1.82) is 0 Å². The number of hydrogen-bond acceptors (Lipinski definition) is 3. The van der Waals surface area contributed by atoms with E-state index in [1.54, 1.807) is 6.92 Å². The highest BCUT2D eigenvalue weighted by Gasteiger charge is 2.21. The molecule has 15 heavy (non-hydrogen) atoms. The van der Waals surface area contributed by atoms with Gasteiger partial charge in [-0.1, -0.05) is 37.3 Å². The second-order valence-electron chi connectivity index (χ2n) is 3.43. The number of carbonyl (C=O) groups is 1. The molecule has 1 aromatic carbocycles. The van der Waals surface area contributed by atoms with Crippen molar-refractivity contribution in [2.75, 3.05) is 6.61 Å². The molecule has 0 heterocycles. The number of primary amides is 1. The molecule has 0 aliphatic rings. The van der Waals surface area contributed by atoms with Gasteiger partial charge in [0, 0.05) is 12.5 Å². The van der Waals surface area contributed by atoms with Gasteiger partial charge in [-0.25, -0.2) is 4.79 Å². The van der Waals surface area contributed by atoms with Crippen molar-refractivity contribution in [2.24, 2.45) is 11.7 Å². The van der Waals surface area contributed by atoms with Crippen molar-refractivity contribution < 1.29 is 14.6 Å². The lowest BCUT2D eigenvalue weighted by Gasteiger charge is -2.21. The molecule has 4 nitrogen and oxygen atoms in total. The molecule has 0 fully saturated rings. The van der Waals surface area contributed by atoms with Crippen LogP contribution in [-0.4, -0.2) is 17.8 Å². The fourth-order valence-corrected chi connectivity index (χ4v) is 1.38. The van der Waals surface area contributed by atoms with Gasteiger partial charge in [0.2, 0.25) is 0 Å². The Hall–Kier alpha value is -1.55. The standard InChI is InChI=1S/C11H15NO3/c1-8(7-13)10(15-11(12)14)9-5-3-2-4-6-9/h2-6,8,10,13H,7H2,1H3,(H2,12,14)/t8?,10-/m1/s1. The molecule has 3 N–H and O–H groups in total. The lowest BCUT2D eigenvalue weighted by molar-refractivity contribution is 0.0502. The van der Waals surface area contributed by atoms with Crippen LogP contribution in [-0.2, 0) is 4.74 Å². The van der Waals surface area contributed by atoms with Gasteiger partial charge < -0.3 is 15.6 Å². The predicted molar refractivity (Wildman–Crippen MR) is 56.1 cm³/mol. The third-order valence-electron chi connectivity index (χ3n) is 2.18. The molecule has 1 amide bonds. The van der Waals surface area contributed by atoms with Gasteiger partial charge >= 0.3 is 6.09 Å². The zero-order valence-electron chi connectivity index (χ0n) is 8.59. The predicted octanol–water partition coefficient (Wildman–Crippen LogP) is 1.45. The lowest BCUT2D eigenvalue weighted by Crippen LogP contribution is -2.23. The first-order valence-corrected chi connectivity index (χ1v) is 4.77. The third kappa shape index (κ3) is 3.25. The molecular formula is C11H15NO3. The number of rotatable bonds is 4. The van der Waals surface area contributed by atoms with E-state index in [-0.39, 0.29) is 12.5 Å². The number of aliphatic hydroxyl groups is 1. The van der Waals surface area contributed by atoms with Crippen molar-refractivity contribution in [3.8, 4) is 0 Å². The average molecular weight is 209 g/mol. The quantitative estimate of drug-likeness (QED) is 0.788. The topological polar surface area (TPSA) is 72.6 Å². The zero-order chi connectivity index (χ0) is 11.3. The summed E-state index contributed by atoms with van der Waals surface area (Å²) in [6, 6.07) is 9.22. The summed E-state index contributed by atoms with van der Waals surface area (Å²) >= 11 is 0. The van der Waals surface area contributed by atoms with E-state index in [0.29, 0.717) is 0 Å². The Kier molecular flexibility index (Phi) is 4.12. The maximum atomic E-state index is 10.7. The first-order valence-electron chi connectivity index (χ1n) is 4.77. The van der Waals surface area contributed by atoms with Crippen LogP contribution in [0, 0.1) is 5.92 Å². The van der Waals surface area contributed by atoms with Gasteiger partial charge in [0.15, 0.2) is 0 Å². The zero-order valence-corrected chi connectivity index (χ0v) is 8.59. The van der Waals surface area contributed by atoms with Gasteiger partial charge in [-0.05, 0) is 5.56 Å². The summed E-state index contributed by atoms with van der Waals surface area (Å²) in [6.07, 6.45) is -1.32. The summed E-state index contributed by atoms with van der Waals surface area (Å²) in [7, 11) is 0. The molecule has 0 aliphatic carbocycles. The van der Waals surface area contributed by atoms with Crippen molar-refractivity contribution in [2.45, 2.75) is 13.0 Å². The van der Waals surface area contributed by atoms with Gasteiger partial charge in [-0.15, -0.1) is 0 Å². The molecule has 4 heteroatoms. The summed E-state index contributed by atoms with van der Waals surface area (Å²) in [5.41, 5.74) is 5.81. The second kappa shape index (κ2) is 5.36. The number of amides is 1. The molecule has 2 atom stereocenters. The maximum Gasteiger partial charge on any atom is 0.405 e. The molecule has 0 saturated heterocycles. The summed E-state index contributed by atoms with van der Waals surface area (Å²) in [6.45, 7) is 1.73. The highest BCUT2D eigenvalue weighted by atomic mass is 16.6. The normalized spacial score (nSPS) is 14.3. The van der Waals surface area contributed by atoms with Gasteiger partial charge in [0.25, 0.3) is 0 Å². The number of hydrogen-bond donors (Lipinski definition) is 2. The smallest absolute Gasteiger partial charge is 0.405 e. The Morgan fingerprint density at radius 1 is 1.47 bits per heavy atom. The molecule has 0 aliphatic heterocycles. The Balaban J connectivity index is 2.86. The first kappa shape index (κ1) is 11.5. The monoisotopic (exact) mass is 209 g/mol. The van der Waals surface area contributed by atoms with Crippen LogP contribution in [0.1, 0.15) is 18.6 Å². The van der Waals surface area contributed by atoms with Gasteiger partial charge in [-0.3, -0.25) is 0 Å². The van der Waals surface area contributed by atoms with Crippen LogP contribution >= 0.6 is 0 Å². The summed E-state index contributed by atoms with van der Waals surface area (Å²) in [5.74, 6) is -0.181. The number of nitrogens with two attached hydrogens (primary N) is 1. The maximum absolute atomic E-state index is 10.7. The van der Waals surface area contributed by atoms with Crippen molar-refractivity contribution >= 4 is 6.09 Å². The molecule has 0 radical (unpaired) electrons. The molecule has 1 aromatic rings. The minimum Gasteiger partial charge on any atom is -0.441 e. The van der Waals surface area contributed by atoms with Crippen LogP contribution in [0.15, 0.2) is 30.3 Å². The lowest BCUT2D eigenvalue weighted by atomic mass is 9.98. The van der Waals surface area contributed by atoms with Crippen molar-refractivity contribution in [1.82, 2.24) is 0 Å². The Bertz CT molecular complexity index is 313. The fraction of sp³-hybridized carbons (Fsp3) is 0.364. The molecule has 1 unspecified atom stereocenters. The van der Waals surface area contributed by atoms with Crippen molar-refractivity contribution in [3.63, 3.8) is 0 Å². The van der Waals surface area contributed by atoms with Crippen LogP contribution in [0.3, 0.4) is 0 Å². The molecule has 0 saturated carbocycles. The van der Waals surface area contributed by atoms with E-state index in [1.165, 1.54) is 0 Å². The molecule has 1 rings (SSSR count). The Labute approximate surface area is 88.7 Å². The van der Waals surface area contributed by atoms with Crippen LogP contribution in [0.4, 0.5) is 4.79 Å². The molecular weight excluding hydrogens is 194 g/mol. The van der Waals surface area contributed by atoms with Crippen LogP contribution in [0.2, 0.25) is 0 Å². The number of carbonyl (C=O) groups excluding carboxylic acids is 1. The van der Waals surface area contributed by atoms with Crippen molar-refractivity contribution in [3.05, 3.63) is 35.9 Å². The van der Waals surface area contributed by atoms with E-state index < -0.39 is 12.2 Å². The highest BCUT2D eigenvalue weighted by molar-refractivity contribution is 5.65. The molecule has 0 aromatic heterocycles. The van der Waals surface area contributed by atoms with E-state index >= 15 is 0 Å². The van der Waals surface area contributed by atoms with Gasteiger partial charge in [0.1, 0.15) is 6.10 Å². The van der Waals surface area contributed by atoms with E-state index in [1.807, 2.05) is 30.3 Å². The minimum absolute atomic E-state index is 0.0627. The van der Waals surface area contributed by atoms with E-state index in [4.69, 9.17) is 15.6 Å². The SMILES string of the molecule is CC(CO)[C@@H](OC(N)=O)c1ccccc1. The summed E-state index contributed by atoms with van der Waals surface area (Å²) in [4.78, 5) is 10.7. The average Bonchev–Trinajstić information content (AvgIpc) is 2.26. The largest absolute Gasteiger partial charge is 0.441 e. The molecule has 0 spiro atoms. The summed E-state index contributed by atoms with van der Waals surface area (Å²) in [5, 5.41) is 9.05. The Morgan fingerprint density at radius 3 is 2.53 bits per heavy atom. The van der Waals surface area contributed by atoms with Crippen LogP contribution in [0.25, 0.3) is 0 Å². The van der Waals surface area contributed by atoms with Gasteiger partial charge in [0.05, 0.1) is 0 Å². The second-order valence-corrected chi connectivity index (χ2v) is 3.43. The number of aliphatic hydroxyl groups excluding tert-OH is 1. The Morgan fingerprint density at radius 2 is 2.07 bits per heavy atom. The molecule has 82 valence electrons. The van der Waals surface area contributed by atoms with Gasteiger partial charge in [-0.2, -0.15) is 0 Å². The van der Waals surface area contributed by atoms with E-state index in [2.05, 4.69) is 0 Å². The first-order chi connectivity index (χ1) is 7.15. The highest BCUT2D eigenvalue weighted by Crippen LogP contribution is 2.25.